The monoisotopic (exact) mass is 343 g/mol. The second kappa shape index (κ2) is 7.80. The van der Waals surface area contributed by atoms with E-state index in [0.29, 0.717) is 23.6 Å². The van der Waals surface area contributed by atoms with Crippen LogP contribution in [0.2, 0.25) is 0 Å². The Hall–Kier alpha value is -2.18. The van der Waals surface area contributed by atoms with E-state index < -0.39 is 5.91 Å². The molecule has 6 heteroatoms. The maximum absolute atomic E-state index is 12.3. The summed E-state index contributed by atoms with van der Waals surface area (Å²) in [4.78, 5) is 29.1. The summed E-state index contributed by atoms with van der Waals surface area (Å²) in [6, 6.07) is 6.52. The first kappa shape index (κ1) is 17.6. The minimum Gasteiger partial charge on any atom is -0.378 e. The van der Waals surface area contributed by atoms with Gasteiger partial charge in [-0.1, -0.05) is 0 Å². The van der Waals surface area contributed by atoms with Gasteiger partial charge in [-0.25, -0.2) is 0 Å². The molecular formula is C19H25N3O3. The predicted octanol–water partition coefficient (Wildman–Crippen LogP) is 2.02. The molecule has 2 heterocycles. The molecule has 1 saturated heterocycles. The number of H-pyrrole nitrogens is 1. The molecule has 1 aromatic heterocycles. The van der Waals surface area contributed by atoms with E-state index in [9.17, 15) is 9.59 Å². The normalized spacial score (nSPS) is 17.4. The van der Waals surface area contributed by atoms with Gasteiger partial charge in [-0.2, -0.15) is 0 Å². The standard InChI is InChI=1S/C19H25N3O3/c1-22(8-2-4-15-5-3-9-25-15)12-14-11-18(23)16-10-13(19(20)24)6-7-17(16)21-14/h6-7,10-11,15H,2-5,8-9,12H2,1H3,(H2,20,24)(H,21,23)/t15-/m0/s1. The zero-order valence-electron chi connectivity index (χ0n) is 14.6. The molecule has 3 N–H and O–H groups in total. The van der Waals surface area contributed by atoms with Crippen molar-refractivity contribution < 1.29 is 9.53 Å². The Morgan fingerprint density at radius 1 is 1.40 bits per heavy atom. The fraction of sp³-hybridized carbons (Fsp3) is 0.474. The third-order valence-electron chi connectivity index (χ3n) is 4.70. The van der Waals surface area contributed by atoms with E-state index in [-0.39, 0.29) is 5.43 Å². The van der Waals surface area contributed by atoms with Crippen LogP contribution in [-0.2, 0) is 11.3 Å². The molecule has 6 nitrogen and oxygen atoms in total. The highest BCUT2D eigenvalue weighted by Gasteiger charge is 2.15. The molecule has 1 aliphatic rings. The van der Waals surface area contributed by atoms with E-state index >= 15 is 0 Å². The highest BCUT2D eigenvalue weighted by molar-refractivity contribution is 5.96. The Labute approximate surface area is 147 Å². The minimum atomic E-state index is -0.531. The number of carbonyl (C=O) groups excluding carboxylic acids is 1. The number of amides is 1. The summed E-state index contributed by atoms with van der Waals surface area (Å²) in [5, 5.41) is 0.487. The van der Waals surface area contributed by atoms with E-state index in [1.54, 1.807) is 24.3 Å². The van der Waals surface area contributed by atoms with Crippen molar-refractivity contribution in [2.45, 2.75) is 38.3 Å². The van der Waals surface area contributed by atoms with Crippen LogP contribution >= 0.6 is 0 Å². The predicted molar refractivity (Wildman–Crippen MR) is 97.6 cm³/mol. The second-order valence-electron chi connectivity index (χ2n) is 6.80. The summed E-state index contributed by atoms with van der Waals surface area (Å²) < 4.78 is 5.64. The highest BCUT2D eigenvalue weighted by Crippen LogP contribution is 2.17. The molecule has 0 spiro atoms. The molecular weight excluding hydrogens is 318 g/mol. The average Bonchev–Trinajstić information content (AvgIpc) is 3.08. The van der Waals surface area contributed by atoms with Gasteiger partial charge in [0.15, 0.2) is 5.43 Å². The zero-order chi connectivity index (χ0) is 17.8. The zero-order valence-corrected chi connectivity index (χ0v) is 14.6. The second-order valence-corrected chi connectivity index (χ2v) is 6.80. The fourth-order valence-electron chi connectivity index (χ4n) is 3.37. The van der Waals surface area contributed by atoms with Crippen LogP contribution in [0.3, 0.4) is 0 Å². The van der Waals surface area contributed by atoms with Crippen LogP contribution in [0.5, 0.6) is 0 Å². The summed E-state index contributed by atoms with van der Waals surface area (Å²) in [5.41, 5.74) is 7.11. The Balaban J connectivity index is 1.63. The summed E-state index contributed by atoms with van der Waals surface area (Å²) in [5.74, 6) is -0.531. The summed E-state index contributed by atoms with van der Waals surface area (Å²) >= 11 is 0. The van der Waals surface area contributed by atoms with Crippen LogP contribution < -0.4 is 11.2 Å². The number of pyridine rings is 1. The van der Waals surface area contributed by atoms with Crippen LogP contribution in [0.15, 0.2) is 29.1 Å². The number of primary amides is 1. The van der Waals surface area contributed by atoms with Gasteiger partial charge in [0.1, 0.15) is 0 Å². The molecule has 1 aliphatic heterocycles. The Bertz CT molecular complexity index is 809. The van der Waals surface area contributed by atoms with Gasteiger partial charge in [0.05, 0.1) is 6.10 Å². The summed E-state index contributed by atoms with van der Waals surface area (Å²) in [6.45, 7) is 2.53. The highest BCUT2D eigenvalue weighted by atomic mass is 16.5. The Kier molecular flexibility index (Phi) is 5.50. The van der Waals surface area contributed by atoms with Crippen LogP contribution in [-0.4, -0.2) is 42.1 Å². The number of hydrogen-bond acceptors (Lipinski definition) is 4. The van der Waals surface area contributed by atoms with Gasteiger partial charge in [-0.3, -0.25) is 9.59 Å². The molecule has 0 bridgehead atoms. The molecule has 134 valence electrons. The number of nitrogens with zero attached hydrogens (tertiary/aromatic N) is 1. The first-order valence-corrected chi connectivity index (χ1v) is 8.79. The molecule has 0 radical (unpaired) electrons. The van der Waals surface area contributed by atoms with E-state index in [0.717, 1.165) is 37.2 Å². The van der Waals surface area contributed by atoms with Gasteiger partial charge in [-0.05, 0) is 57.5 Å². The van der Waals surface area contributed by atoms with Crippen molar-refractivity contribution in [2.75, 3.05) is 20.2 Å². The van der Waals surface area contributed by atoms with Crippen LogP contribution in [0.25, 0.3) is 10.9 Å². The van der Waals surface area contributed by atoms with Gasteiger partial charge < -0.3 is 20.4 Å². The number of aromatic amines is 1. The number of nitrogens with one attached hydrogen (secondary N) is 1. The lowest BCUT2D eigenvalue weighted by atomic mass is 10.1. The van der Waals surface area contributed by atoms with Crippen molar-refractivity contribution in [3.8, 4) is 0 Å². The van der Waals surface area contributed by atoms with Crippen LogP contribution in [0, 0.1) is 0 Å². The van der Waals surface area contributed by atoms with Gasteiger partial charge in [0.2, 0.25) is 5.91 Å². The quantitative estimate of drug-likeness (QED) is 0.805. The van der Waals surface area contributed by atoms with Crippen molar-refractivity contribution in [1.29, 1.82) is 0 Å². The van der Waals surface area contributed by atoms with E-state index in [2.05, 4.69) is 9.88 Å². The number of benzene rings is 1. The maximum atomic E-state index is 12.3. The largest absolute Gasteiger partial charge is 0.378 e. The van der Waals surface area contributed by atoms with Gasteiger partial charge in [0, 0.05) is 41.4 Å². The van der Waals surface area contributed by atoms with E-state index in [1.165, 1.54) is 12.8 Å². The van der Waals surface area contributed by atoms with Crippen molar-refractivity contribution >= 4 is 16.8 Å². The SMILES string of the molecule is CN(CCC[C@H]1CCCO1)Cc1cc(=O)c2cc(C(N)=O)ccc2[nH]1. The topological polar surface area (TPSA) is 88.4 Å². The summed E-state index contributed by atoms with van der Waals surface area (Å²) in [6.07, 6.45) is 4.95. The number of fused-ring (bicyclic) bond motifs is 1. The molecule has 1 aromatic carbocycles. The third-order valence-corrected chi connectivity index (χ3v) is 4.70. The molecule has 0 aliphatic carbocycles. The van der Waals surface area contributed by atoms with Crippen molar-refractivity contribution in [1.82, 2.24) is 9.88 Å². The lowest BCUT2D eigenvalue weighted by molar-refractivity contribution is 0.0993. The molecule has 3 rings (SSSR count). The molecule has 25 heavy (non-hydrogen) atoms. The van der Waals surface area contributed by atoms with Crippen molar-refractivity contribution in [2.24, 2.45) is 5.73 Å². The number of rotatable bonds is 7. The fourth-order valence-corrected chi connectivity index (χ4v) is 3.37. The number of hydrogen-bond donors (Lipinski definition) is 2. The summed E-state index contributed by atoms with van der Waals surface area (Å²) in [7, 11) is 2.05. The number of carbonyl (C=O) groups is 1. The Morgan fingerprint density at radius 3 is 2.96 bits per heavy atom. The smallest absolute Gasteiger partial charge is 0.248 e. The van der Waals surface area contributed by atoms with Gasteiger partial charge in [-0.15, -0.1) is 0 Å². The maximum Gasteiger partial charge on any atom is 0.248 e. The first-order chi connectivity index (χ1) is 12.0. The van der Waals surface area contributed by atoms with Crippen molar-refractivity contribution in [3.05, 3.63) is 45.7 Å². The molecule has 0 saturated carbocycles. The number of ether oxygens (including phenoxy) is 1. The van der Waals surface area contributed by atoms with Crippen molar-refractivity contribution in [3.63, 3.8) is 0 Å². The van der Waals surface area contributed by atoms with Crippen LogP contribution in [0.4, 0.5) is 0 Å². The van der Waals surface area contributed by atoms with Crippen LogP contribution in [0.1, 0.15) is 41.7 Å². The average molecular weight is 343 g/mol. The third kappa shape index (κ3) is 4.46. The van der Waals surface area contributed by atoms with Gasteiger partial charge in [0.25, 0.3) is 0 Å². The molecule has 1 fully saturated rings. The number of nitrogens with two attached hydrogens (primary N) is 1. The molecule has 0 unspecified atom stereocenters. The Morgan fingerprint density at radius 2 is 2.24 bits per heavy atom. The lowest BCUT2D eigenvalue weighted by Gasteiger charge is -2.18. The lowest BCUT2D eigenvalue weighted by Crippen LogP contribution is -2.22. The first-order valence-electron chi connectivity index (χ1n) is 8.79. The van der Waals surface area contributed by atoms with Gasteiger partial charge >= 0.3 is 0 Å². The molecule has 2 aromatic rings. The van der Waals surface area contributed by atoms with E-state index in [1.807, 2.05) is 7.05 Å². The number of aromatic nitrogens is 1. The molecule has 1 atom stereocenters. The minimum absolute atomic E-state index is 0.0976. The van der Waals surface area contributed by atoms with E-state index in [4.69, 9.17) is 10.5 Å². The molecule has 1 amide bonds.